The van der Waals surface area contributed by atoms with Crippen molar-refractivity contribution in [2.24, 2.45) is 17.3 Å². The summed E-state index contributed by atoms with van der Waals surface area (Å²) in [5.41, 5.74) is 0.0455. The van der Waals surface area contributed by atoms with Crippen LogP contribution >= 0.6 is 0 Å². The second-order valence-electron chi connectivity index (χ2n) is 6.85. The molecule has 0 spiro atoms. The van der Waals surface area contributed by atoms with Crippen LogP contribution in [0.2, 0.25) is 0 Å². The molecule has 2 aliphatic rings. The Hall–Kier alpha value is -1.58. The van der Waals surface area contributed by atoms with Gasteiger partial charge in [0.15, 0.2) is 0 Å². The average Bonchev–Trinajstić information content (AvgIpc) is 2.41. The van der Waals surface area contributed by atoms with E-state index in [1.807, 2.05) is 0 Å². The van der Waals surface area contributed by atoms with E-state index in [2.05, 4.69) is 6.92 Å². The Morgan fingerprint density at radius 2 is 2.00 bits per heavy atom. The van der Waals surface area contributed by atoms with Crippen LogP contribution in [-0.4, -0.2) is 22.2 Å². The summed E-state index contributed by atoms with van der Waals surface area (Å²) in [5, 5.41) is 19.4. The lowest BCUT2D eigenvalue weighted by atomic mass is 9.63. The number of rotatable bonds is 7. The first-order valence-corrected chi connectivity index (χ1v) is 8.29. The maximum absolute atomic E-state index is 11.9. The second kappa shape index (κ2) is 6.67. The van der Waals surface area contributed by atoms with Gasteiger partial charge in [0, 0.05) is 11.5 Å². The lowest BCUT2D eigenvalue weighted by Gasteiger charge is -2.40. The predicted octanol–water partition coefficient (Wildman–Crippen LogP) is 4.02. The summed E-state index contributed by atoms with van der Waals surface area (Å²) in [6.07, 6.45) is 10.1. The number of carboxylic acid groups (broad SMARTS) is 2. The minimum atomic E-state index is -1.11. The number of allylic oxidation sites excluding steroid dienone is 2. The van der Waals surface area contributed by atoms with Gasteiger partial charge >= 0.3 is 11.9 Å². The SMILES string of the molecule is CCCCC1=C(C(=O)O)C(CC2CCC2)C(C)(C(=O)O)C=C1. The minimum absolute atomic E-state index is 0.341. The van der Waals surface area contributed by atoms with Gasteiger partial charge in [-0.3, -0.25) is 4.79 Å². The molecule has 1 saturated carbocycles. The highest BCUT2D eigenvalue weighted by Crippen LogP contribution is 2.47. The first kappa shape index (κ1) is 16.8. The van der Waals surface area contributed by atoms with E-state index in [1.165, 1.54) is 6.42 Å². The molecule has 2 unspecified atom stereocenters. The molecule has 0 saturated heterocycles. The maximum Gasteiger partial charge on any atom is 0.332 e. The Kier molecular flexibility index (Phi) is 5.09. The fraction of sp³-hybridized carbons (Fsp3) is 0.667. The summed E-state index contributed by atoms with van der Waals surface area (Å²) < 4.78 is 0. The van der Waals surface area contributed by atoms with Crippen molar-refractivity contribution in [1.29, 1.82) is 0 Å². The number of unbranched alkanes of at least 4 members (excludes halogenated alkanes) is 1. The number of aliphatic carboxylic acids is 2. The van der Waals surface area contributed by atoms with E-state index in [-0.39, 0.29) is 0 Å². The van der Waals surface area contributed by atoms with Crippen LogP contribution in [0.1, 0.15) is 58.8 Å². The molecular weight excluding hydrogens is 280 g/mol. The van der Waals surface area contributed by atoms with E-state index in [1.54, 1.807) is 19.1 Å². The zero-order valence-corrected chi connectivity index (χ0v) is 13.5. The topological polar surface area (TPSA) is 74.6 Å². The molecule has 1 fully saturated rings. The molecule has 2 aliphatic carbocycles. The molecule has 0 radical (unpaired) electrons. The van der Waals surface area contributed by atoms with Crippen molar-refractivity contribution < 1.29 is 19.8 Å². The predicted molar refractivity (Wildman–Crippen MR) is 84.5 cm³/mol. The van der Waals surface area contributed by atoms with Gasteiger partial charge in [0.1, 0.15) is 0 Å². The summed E-state index contributed by atoms with van der Waals surface area (Å²) in [6.45, 7) is 3.73. The van der Waals surface area contributed by atoms with Crippen molar-refractivity contribution in [1.82, 2.24) is 0 Å². The van der Waals surface area contributed by atoms with Crippen molar-refractivity contribution in [2.45, 2.75) is 58.8 Å². The van der Waals surface area contributed by atoms with Crippen LogP contribution in [0, 0.1) is 17.3 Å². The van der Waals surface area contributed by atoms with E-state index >= 15 is 0 Å². The highest BCUT2D eigenvalue weighted by Gasteiger charge is 2.47. The monoisotopic (exact) mass is 306 g/mol. The molecule has 0 aliphatic heterocycles. The van der Waals surface area contributed by atoms with Crippen molar-refractivity contribution in [2.75, 3.05) is 0 Å². The van der Waals surface area contributed by atoms with E-state index in [0.717, 1.165) is 31.3 Å². The van der Waals surface area contributed by atoms with E-state index in [0.29, 0.717) is 24.3 Å². The van der Waals surface area contributed by atoms with Gasteiger partial charge in [0.05, 0.1) is 5.41 Å². The molecule has 0 bridgehead atoms. The first-order valence-electron chi connectivity index (χ1n) is 8.29. The third-order valence-corrected chi connectivity index (χ3v) is 5.33. The molecule has 4 nitrogen and oxygen atoms in total. The van der Waals surface area contributed by atoms with Crippen LogP contribution in [0.5, 0.6) is 0 Å². The molecule has 0 aromatic heterocycles. The lowest BCUT2D eigenvalue weighted by molar-refractivity contribution is -0.148. The number of hydrogen-bond donors (Lipinski definition) is 2. The summed E-state index contributed by atoms with van der Waals surface area (Å²) >= 11 is 0. The van der Waals surface area contributed by atoms with Gasteiger partial charge in [-0.1, -0.05) is 44.8 Å². The zero-order valence-electron chi connectivity index (χ0n) is 13.5. The molecule has 0 aromatic rings. The third kappa shape index (κ3) is 3.11. The van der Waals surface area contributed by atoms with Gasteiger partial charge in [-0.25, -0.2) is 4.79 Å². The molecule has 122 valence electrons. The molecule has 0 aromatic carbocycles. The van der Waals surface area contributed by atoms with E-state index in [9.17, 15) is 19.8 Å². The van der Waals surface area contributed by atoms with Crippen LogP contribution in [0.25, 0.3) is 0 Å². The van der Waals surface area contributed by atoms with Gasteiger partial charge in [-0.15, -0.1) is 0 Å². The van der Waals surface area contributed by atoms with Gasteiger partial charge in [-0.2, -0.15) is 0 Å². The van der Waals surface area contributed by atoms with Crippen molar-refractivity contribution in [3.8, 4) is 0 Å². The molecule has 2 rings (SSSR count). The molecule has 0 amide bonds. The van der Waals surface area contributed by atoms with Crippen LogP contribution < -0.4 is 0 Å². The van der Waals surface area contributed by atoms with Crippen LogP contribution in [0.3, 0.4) is 0 Å². The van der Waals surface area contributed by atoms with Gasteiger partial charge in [-0.05, 0) is 37.7 Å². The number of carboxylic acids is 2. The molecular formula is C18H26O4. The van der Waals surface area contributed by atoms with Gasteiger partial charge in [0.25, 0.3) is 0 Å². The Morgan fingerprint density at radius 1 is 1.32 bits per heavy atom. The van der Waals surface area contributed by atoms with Crippen LogP contribution in [0.4, 0.5) is 0 Å². The van der Waals surface area contributed by atoms with E-state index in [4.69, 9.17) is 0 Å². The standard InChI is InChI=1S/C18H26O4/c1-3-4-8-13-9-10-18(2,17(21)22)14(15(13)16(19)20)11-12-6-5-7-12/h9-10,12,14H,3-8,11H2,1-2H3,(H,19,20)(H,21,22). The normalized spacial score (nSPS) is 28.5. The Labute approximate surface area is 131 Å². The summed E-state index contributed by atoms with van der Waals surface area (Å²) in [6, 6.07) is 0. The van der Waals surface area contributed by atoms with Crippen LogP contribution in [-0.2, 0) is 9.59 Å². The smallest absolute Gasteiger partial charge is 0.332 e. The van der Waals surface area contributed by atoms with Crippen molar-refractivity contribution >= 4 is 11.9 Å². The quantitative estimate of drug-likeness (QED) is 0.745. The fourth-order valence-corrected chi connectivity index (χ4v) is 3.52. The molecule has 22 heavy (non-hydrogen) atoms. The summed E-state index contributed by atoms with van der Waals surface area (Å²) in [5.74, 6) is -1.84. The first-order chi connectivity index (χ1) is 10.4. The van der Waals surface area contributed by atoms with Gasteiger partial charge in [0.2, 0.25) is 0 Å². The van der Waals surface area contributed by atoms with Crippen molar-refractivity contribution in [3.63, 3.8) is 0 Å². The Balaban J connectivity index is 2.39. The Morgan fingerprint density at radius 3 is 2.45 bits per heavy atom. The fourth-order valence-electron chi connectivity index (χ4n) is 3.52. The molecule has 2 N–H and O–H groups in total. The Bertz CT molecular complexity index is 513. The van der Waals surface area contributed by atoms with Crippen LogP contribution in [0.15, 0.2) is 23.3 Å². The van der Waals surface area contributed by atoms with E-state index < -0.39 is 23.3 Å². The molecule has 2 atom stereocenters. The molecule has 0 heterocycles. The third-order valence-electron chi connectivity index (χ3n) is 5.33. The second-order valence-corrected chi connectivity index (χ2v) is 6.85. The summed E-state index contributed by atoms with van der Waals surface area (Å²) in [7, 11) is 0. The summed E-state index contributed by atoms with van der Waals surface area (Å²) in [4.78, 5) is 23.6. The van der Waals surface area contributed by atoms with Gasteiger partial charge < -0.3 is 10.2 Å². The largest absolute Gasteiger partial charge is 0.481 e. The maximum atomic E-state index is 11.9. The highest BCUT2D eigenvalue weighted by atomic mass is 16.4. The minimum Gasteiger partial charge on any atom is -0.481 e. The number of carbonyl (C=O) groups is 2. The lowest BCUT2D eigenvalue weighted by Crippen LogP contribution is -2.41. The van der Waals surface area contributed by atoms with Crippen molar-refractivity contribution in [3.05, 3.63) is 23.3 Å². The molecule has 4 heteroatoms. The number of hydrogen-bond acceptors (Lipinski definition) is 2. The average molecular weight is 306 g/mol. The highest BCUT2D eigenvalue weighted by molar-refractivity contribution is 5.92. The zero-order chi connectivity index (χ0) is 16.3.